The molecule has 0 amide bonds. The lowest BCUT2D eigenvalue weighted by molar-refractivity contribution is 0.447. The molecule has 0 radical (unpaired) electrons. The van der Waals surface area contributed by atoms with Crippen molar-refractivity contribution >= 4 is 22.6 Å². The van der Waals surface area contributed by atoms with Gasteiger partial charge in [-0.25, -0.2) is 0 Å². The number of rotatable bonds is 2. The van der Waals surface area contributed by atoms with Crippen LogP contribution in [-0.4, -0.2) is 6.67 Å². The predicted octanol–water partition coefficient (Wildman–Crippen LogP) is 3.67. The summed E-state index contributed by atoms with van der Waals surface area (Å²) < 4.78 is 13.5. The van der Waals surface area contributed by atoms with Crippen molar-refractivity contribution < 1.29 is 4.39 Å². The van der Waals surface area contributed by atoms with Gasteiger partial charge in [-0.15, -0.1) is 0 Å². The van der Waals surface area contributed by atoms with Gasteiger partial charge >= 0.3 is 0 Å². The smallest absolute Gasteiger partial charge is 0.0960 e. The summed E-state index contributed by atoms with van der Waals surface area (Å²) in [6.07, 6.45) is 0. The van der Waals surface area contributed by atoms with Crippen molar-refractivity contribution in [3.05, 3.63) is 32.9 Å². The average molecular weight is 278 g/mol. The van der Waals surface area contributed by atoms with Crippen LogP contribution in [0.15, 0.2) is 18.2 Å². The molecular formula is C10H12FI. The van der Waals surface area contributed by atoms with Crippen molar-refractivity contribution in [3.8, 4) is 0 Å². The number of hydrogen-bond acceptors (Lipinski definition) is 0. The lowest BCUT2D eigenvalue weighted by Gasteiger charge is -2.08. The first-order chi connectivity index (χ1) is 5.63. The minimum atomic E-state index is -0.278. The van der Waals surface area contributed by atoms with E-state index in [0.29, 0.717) is 0 Å². The van der Waals surface area contributed by atoms with E-state index in [9.17, 15) is 4.39 Å². The fraction of sp³-hybridized carbons (Fsp3) is 0.400. The molecule has 0 saturated heterocycles. The Bertz CT molecular complexity index is 250. The zero-order valence-corrected chi connectivity index (χ0v) is 9.43. The Kier molecular flexibility index (Phi) is 3.50. The van der Waals surface area contributed by atoms with E-state index >= 15 is 0 Å². The zero-order valence-electron chi connectivity index (χ0n) is 7.27. The van der Waals surface area contributed by atoms with Crippen LogP contribution in [0.3, 0.4) is 0 Å². The van der Waals surface area contributed by atoms with Crippen molar-refractivity contribution in [2.24, 2.45) is 0 Å². The lowest BCUT2D eigenvalue weighted by atomic mass is 10.0. The van der Waals surface area contributed by atoms with Gasteiger partial charge in [0.1, 0.15) is 0 Å². The summed E-state index contributed by atoms with van der Waals surface area (Å²) in [5.41, 5.74) is 2.30. The first-order valence-corrected chi connectivity index (χ1v) is 5.04. The molecule has 0 nitrogen and oxygen atoms in total. The highest BCUT2D eigenvalue weighted by atomic mass is 127. The fourth-order valence-electron chi connectivity index (χ4n) is 1.14. The molecule has 0 spiro atoms. The van der Waals surface area contributed by atoms with Crippen LogP contribution in [0.2, 0.25) is 0 Å². The Labute approximate surface area is 86.3 Å². The summed E-state index contributed by atoms with van der Waals surface area (Å²) in [5.74, 6) is 0.0263. The molecule has 2 heteroatoms. The molecule has 0 bridgehead atoms. The maximum Gasteiger partial charge on any atom is 0.0960 e. The zero-order chi connectivity index (χ0) is 9.14. The molecule has 1 rings (SSSR count). The third-order valence-electron chi connectivity index (χ3n) is 1.86. The highest BCUT2D eigenvalue weighted by Crippen LogP contribution is 2.20. The van der Waals surface area contributed by atoms with Crippen molar-refractivity contribution in [2.75, 3.05) is 6.67 Å². The van der Waals surface area contributed by atoms with Crippen LogP contribution in [0.25, 0.3) is 0 Å². The van der Waals surface area contributed by atoms with Crippen LogP contribution in [0.5, 0.6) is 0 Å². The quantitative estimate of drug-likeness (QED) is 0.724. The van der Waals surface area contributed by atoms with Crippen molar-refractivity contribution in [1.82, 2.24) is 0 Å². The summed E-state index contributed by atoms with van der Waals surface area (Å²) in [5, 5.41) is 0. The molecule has 0 aliphatic rings. The Balaban J connectivity index is 3.00. The van der Waals surface area contributed by atoms with Crippen molar-refractivity contribution in [3.63, 3.8) is 0 Å². The molecule has 0 aliphatic carbocycles. The maximum atomic E-state index is 12.3. The van der Waals surface area contributed by atoms with Gasteiger partial charge in [0.05, 0.1) is 6.67 Å². The monoisotopic (exact) mass is 278 g/mol. The number of alkyl halides is 1. The maximum absolute atomic E-state index is 12.3. The SMILES string of the molecule is Cc1cc(I)cc(C(C)CF)c1. The lowest BCUT2D eigenvalue weighted by Crippen LogP contribution is -1.96. The largest absolute Gasteiger partial charge is 0.250 e. The van der Waals surface area contributed by atoms with Gasteiger partial charge in [-0.2, -0.15) is 0 Å². The van der Waals surface area contributed by atoms with E-state index in [1.807, 2.05) is 26.0 Å². The average Bonchev–Trinajstić information content (AvgIpc) is 2.01. The molecule has 1 aromatic rings. The van der Waals surface area contributed by atoms with Gasteiger partial charge < -0.3 is 0 Å². The Morgan fingerprint density at radius 2 is 2.08 bits per heavy atom. The summed E-state index contributed by atoms with van der Waals surface area (Å²) >= 11 is 2.26. The molecule has 0 heterocycles. The van der Waals surface area contributed by atoms with Gasteiger partial charge in [-0.05, 0) is 52.8 Å². The Morgan fingerprint density at radius 3 is 2.58 bits per heavy atom. The van der Waals surface area contributed by atoms with Crippen LogP contribution < -0.4 is 0 Å². The van der Waals surface area contributed by atoms with Crippen molar-refractivity contribution in [1.29, 1.82) is 0 Å². The highest BCUT2D eigenvalue weighted by molar-refractivity contribution is 14.1. The molecule has 1 unspecified atom stereocenters. The molecule has 0 aromatic heterocycles. The standard InChI is InChI=1S/C10H12FI/c1-7-3-9(8(2)6-11)5-10(12)4-7/h3-5,8H,6H2,1-2H3. The molecule has 0 saturated carbocycles. The van der Waals surface area contributed by atoms with Crippen LogP contribution in [0, 0.1) is 10.5 Å². The van der Waals surface area contributed by atoms with Gasteiger partial charge in [0.15, 0.2) is 0 Å². The summed E-state index contributed by atoms with van der Waals surface area (Å²) in [6.45, 7) is 3.67. The third-order valence-corrected chi connectivity index (χ3v) is 2.49. The van der Waals surface area contributed by atoms with E-state index in [2.05, 4.69) is 28.7 Å². The Morgan fingerprint density at radius 1 is 1.42 bits per heavy atom. The van der Waals surface area contributed by atoms with E-state index in [0.717, 1.165) is 5.56 Å². The summed E-state index contributed by atoms with van der Waals surface area (Å²) in [7, 11) is 0. The van der Waals surface area contributed by atoms with Crippen LogP contribution in [-0.2, 0) is 0 Å². The molecular weight excluding hydrogens is 266 g/mol. The molecule has 66 valence electrons. The molecule has 0 fully saturated rings. The van der Waals surface area contributed by atoms with Crippen LogP contribution in [0.1, 0.15) is 24.0 Å². The first kappa shape index (κ1) is 9.96. The second-order valence-corrected chi connectivity index (χ2v) is 4.36. The number of aryl methyl sites for hydroxylation is 1. The van der Waals surface area contributed by atoms with E-state index in [1.165, 1.54) is 9.13 Å². The first-order valence-electron chi connectivity index (χ1n) is 3.96. The number of hydrogen-bond donors (Lipinski definition) is 0. The van der Waals surface area contributed by atoms with Gasteiger partial charge in [-0.3, -0.25) is 4.39 Å². The molecule has 1 atom stereocenters. The molecule has 12 heavy (non-hydrogen) atoms. The normalized spacial score (nSPS) is 13.0. The third kappa shape index (κ3) is 2.44. The fourth-order valence-corrected chi connectivity index (χ4v) is 1.99. The molecule has 0 aliphatic heterocycles. The van der Waals surface area contributed by atoms with Crippen LogP contribution >= 0.6 is 22.6 Å². The van der Waals surface area contributed by atoms with E-state index in [4.69, 9.17) is 0 Å². The topological polar surface area (TPSA) is 0 Å². The second-order valence-electron chi connectivity index (χ2n) is 3.12. The minimum absolute atomic E-state index is 0.0263. The predicted molar refractivity (Wildman–Crippen MR) is 58.3 cm³/mol. The molecule has 0 N–H and O–H groups in total. The highest BCUT2D eigenvalue weighted by Gasteiger charge is 2.05. The van der Waals surface area contributed by atoms with Gasteiger partial charge in [0, 0.05) is 9.49 Å². The van der Waals surface area contributed by atoms with Gasteiger partial charge in [-0.1, -0.05) is 13.0 Å². The van der Waals surface area contributed by atoms with Gasteiger partial charge in [0.25, 0.3) is 0 Å². The van der Waals surface area contributed by atoms with Crippen molar-refractivity contribution in [2.45, 2.75) is 19.8 Å². The summed E-state index contributed by atoms with van der Waals surface area (Å²) in [4.78, 5) is 0. The minimum Gasteiger partial charge on any atom is -0.250 e. The molecule has 1 aromatic carbocycles. The second kappa shape index (κ2) is 4.21. The van der Waals surface area contributed by atoms with Crippen LogP contribution in [0.4, 0.5) is 4.39 Å². The van der Waals surface area contributed by atoms with Gasteiger partial charge in [0.2, 0.25) is 0 Å². The van der Waals surface area contributed by atoms with E-state index in [1.54, 1.807) is 0 Å². The van der Waals surface area contributed by atoms with E-state index < -0.39 is 0 Å². The Hall–Kier alpha value is -0.120. The number of benzene rings is 1. The van der Waals surface area contributed by atoms with E-state index in [-0.39, 0.29) is 12.6 Å². The number of halogens is 2. The summed E-state index contributed by atoms with van der Waals surface area (Å²) in [6, 6.07) is 6.18.